The molecule has 0 spiro atoms. The molecule has 1 aromatic heterocycles. The zero-order valence-electron chi connectivity index (χ0n) is 18.3. The highest BCUT2D eigenvalue weighted by atomic mass is 127. The van der Waals surface area contributed by atoms with Gasteiger partial charge in [-0.3, -0.25) is 4.99 Å². The molecule has 170 valence electrons. The first kappa shape index (κ1) is 23.6. The van der Waals surface area contributed by atoms with Gasteiger partial charge in [0.2, 0.25) is 0 Å². The number of guanidine groups is 1. The van der Waals surface area contributed by atoms with E-state index in [1.165, 1.54) is 19.3 Å². The molecule has 4 rings (SSSR count). The molecule has 0 unspecified atom stereocenters. The Balaban J connectivity index is 0.00000272. The van der Waals surface area contributed by atoms with Crippen LogP contribution in [0.2, 0.25) is 0 Å². The molecule has 0 amide bonds. The summed E-state index contributed by atoms with van der Waals surface area (Å²) in [6.45, 7) is 5.42. The third kappa shape index (κ3) is 5.81. The zero-order valence-corrected chi connectivity index (χ0v) is 20.7. The number of aryl methyl sites for hydroxylation is 2. The first-order valence-electron chi connectivity index (χ1n) is 11.2. The fraction of sp³-hybridized carbons (Fsp3) is 0.591. The Morgan fingerprint density at radius 1 is 1.06 bits per heavy atom. The lowest BCUT2D eigenvalue weighted by Crippen LogP contribution is -2.52. The highest BCUT2D eigenvalue weighted by Gasteiger charge is 2.21. The quantitative estimate of drug-likeness (QED) is 0.263. The van der Waals surface area contributed by atoms with Gasteiger partial charge in [-0.15, -0.1) is 34.2 Å². The minimum atomic E-state index is 0. The van der Waals surface area contributed by atoms with Crippen LogP contribution < -0.4 is 10.2 Å². The Kier molecular flexibility index (Phi) is 8.79. The molecular weight excluding hydrogens is 505 g/mol. The number of fused-ring (bicyclic) bond motifs is 1. The molecule has 0 radical (unpaired) electrons. The van der Waals surface area contributed by atoms with Crippen molar-refractivity contribution in [2.75, 3.05) is 44.7 Å². The Morgan fingerprint density at radius 3 is 2.65 bits per heavy atom. The summed E-state index contributed by atoms with van der Waals surface area (Å²) in [6.07, 6.45) is 6.76. The molecule has 9 heteroatoms. The molecular formula is C22H34IN7O. The van der Waals surface area contributed by atoms with Gasteiger partial charge < -0.3 is 24.8 Å². The molecule has 2 aliphatic heterocycles. The van der Waals surface area contributed by atoms with E-state index in [4.69, 9.17) is 0 Å². The number of nitrogens with zero attached hydrogens (tertiary/aromatic N) is 6. The number of anilines is 1. The van der Waals surface area contributed by atoms with Gasteiger partial charge in [0.1, 0.15) is 17.4 Å². The Bertz CT molecular complexity index is 861. The van der Waals surface area contributed by atoms with Crippen LogP contribution in [0.15, 0.2) is 29.3 Å². The summed E-state index contributed by atoms with van der Waals surface area (Å²) < 4.78 is 2.33. The maximum Gasteiger partial charge on any atom is 0.193 e. The molecule has 2 aliphatic rings. The molecule has 0 saturated carbocycles. The van der Waals surface area contributed by atoms with Crippen LogP contribution in [0.25, 0.3) is 0 Å². The third-order valence-electron chi connectivity index (χ3n) is 6.06. The molecule has 1 saturated heterocycles. The number of para-hydroxylation sites is 2. The summed E-state index contributed by atoms with van der Waals surface area (Å²) in [7, 11) is 1.84. The summed E-state index contributed by atoms with van der Waals surface area (Å²) in [5.41, 5.74) is 0.910. The zero-order chi connectivity index (χ0) is 20.8. The lowest BCUT2D eigenvalue weighted by Gasteiger charge is -2.37. The fourth-order valence-corrected chi connectivity index (χ4v) is 4.40. The smallest absolute Gasteiger partial charge is 0.193 e. The van der Waals surface area contributed by atoms with E-state index in [0.29, 0.717) is 5.75 Å². The molecule has 2 N–H and O–H groups in total. The first-order valence-corrected chi connectivity index (χ1v) is 11.2. The van der Waals surface area contributed by atoms with Crippen LogP contribution in [0, 0.1) is 0 Å². The van der Waals surface area contributed by atoms with Gasteiger partial charge in [-0.2, -0.15) is 0 Å². The molecule has 2 aromatic rings. The van der Waals surface area contributed by atoms with Gasteiger partial charge in [-0.1, -0.05) is 18.6 Å². The summed E-state index contributed by atoms with van der Waals surface area (Å²) in [6, 6.07) is 7.55. The van der Waals surface area contributed by atoms with Crippen LogP contribution >= 0.6 is 24.0 Å². The second-order valence-electron chi connectivity index (χ2n) is 8.04. The molecule has 1 fully saturated rings. The van der Waals surface area contributed by atoms with Gasteiger partial charge in [0.05, 0.1) is 5.69 Å². The van der Waals surface area contributed by atoms with E-state index >= 15 is 0 Å². The van der Waals surface area contributed by atoms with Gasteiger partial charge in [0.15, 0.2) is 5.96 Å². The van der Waals surface area contributed by atoms with Crippen LogP contribution in [0.5, 0.6) is 5.75 Å². The molecule has 8 nitrogen and oxygen atoms in total. The minimum Gasteiger partial charge on any atom is -0.506 e. The predicted molar refractivity (Wildman–Crippen MR) is 135 cm³/mol. The maximum absolute atomic E-state index is 10.1. The van der Waals surface area contributed by atoms with Gasteiger partial charge in [-0.05, 0) is 31.4 Å². The van der Waals surface area contributed by atoms with Crippen LogP contribution in [0.4, 0.5) is 5.69 Å². The first-order chi connectivity index (χ1) is 14.8. The number of aliphatic imine (C=N–C) groups is 1. The van der Waals surface area contributed by atoms with Crippen molar-refractivity contribution in [2.45, 2.75) is 45.1 Å². The maximum atomic E-state index is 10.1. The van der Waals surface area contributed by atoms with Crippen molar-refractivity contribution in [3.63, 3.8) is 0 Å². The number of aromatic hydroxyl groups is 1. The molecule has 0 atom stereocenters. The van der Waals surface area contributed by atoms with E-state index in [0.717, 1.165) is 81.8 Å². The number of nitrogens with one attached hydrogen (secondary N) is 1. The second-order valence-corrected chi connectivity index (χ2v) is 8.04. The highest BCUT2D eigenvalue weighted by Crippen LogP contribution is 2.27. The summed E-state index contributed by atoms with van der Waals surface area (Å²) in [5.74, 6) is 3.58. The minimum absolute atomic E-state index is 0. The Morgan fingerprint density at radius 2 is 1.87 bits per heavy atom. The van der Waals surface area contributed by atoms with E-state index in [1.54, 1.807) is 6.07 Å². The fourth-order valence-electron chi connectivity index (χ4n) is 4.40. The Labute approximate surface area is 201 Å². The molecule has 1 aromatic carbocycles. The molecule has 0 bridgehead atoms. The number of benzene rings is 1. The van der Waals surface area contributed by atoms with Crippen molar-refractivity contribution in [3.8, 4) is 5.75 Å². The van der Waals surface area contributed by atoms with E-state index in [1.807, 2.05) is 25.2 Å². The van der Waals surface area contributed by atoms with Crippen molar-refractivity contribution in [1.29, 1.82) is 0 Å². The standard InChI is InChI=1S/C22H33N7O.HI/c1-23-22(28-16-14-27(15-17-28)18-8-4-5-9-19(18)30)24-12-7-11-21-26-25-20-10-3-2-6-13-29(20)21;/h4-5,8-9,30H,2-3,6-7,10-17H2,1H3,(H,23,24);1H. The number of piperazine rings is 1. The molecule has 31 heavy (non-hydrogen) atoms. The highest BCUT2D eigenvalue weighted by molar-refractivity contribution is 14.0. The van der Waals surface area contributed by atoms with E-state index < -0.39 is 0 Å². The van der Waals surface area contributed by atoms with Crippen LogP contribution in [0.1, 0.15) is 37.3 Å². The Hall–Kier alpha value is -2.04. The molecule has 0 aliphatic carbocycles. The number of rotatable bonds is 5. The topological polar surface area (TPSA) is 81.8 Å². The third-order valence-corrected chi connectivity index (χ3v) is 6.06. The van der Waals surface area contributed by atoms with E-state index in [-0.39, 0.29) is 24.0 Å². The van der Waals surface area contributed by atoms with Crippen molar-refractivity contribution in [2.24, 2.45) is 4.99 Å². The van der Waals surface area contributed by atoms with E-state index in [2.05, 4.69) is 34.9 Å². The number of phenolic OH excluding ortho intramolecular Hbond substituents is 1. The average Bonchev–Trinajstić information content (AvgIpc) is 3.00. The summed E-state index contributed by atoms with van der Waals surface area (Å²) >= 11 is 0. The van der Waals surface area contributed by atoms with Crippen LogP contribution in [0.3, 0.4) is 0 Å². The van der Waals surface area contributed by atoms with Crippen molar-refractivity contribution in [3.05, 3.63) is 35.9 Å². The van der Waals surface area contributed by atoms with Crippen LogP contribution in [-0.4, -0.2) is 70.5 Å². The summed E-state index contributed by atoms with van der Waals surface area (Å²) in [4.78, 5) is 9.00. The second kappa shape index (κ2) is 11.5. The van der Waals surface area contributed by atoms with Crippen molar-refractivity contribution >= 4 is 35.6 Å². The number of aromatic nitrogens is 3. The number of halogens is 1. The lowest BCUT2D eigenvalue weighted by atomic mass is 10.2. The normalized spacial score (nSPS) is 17.0. The van der Waals surface area contributed by atoms with Gasteiger partial charge in [0, 0.05) is 59.2 Å². The number of hydrogen-bond donors (Lipinski definition) is 2. The largest absolute Gasteiger partial charge is 0.506 e. The summed E-state index contributed by atoms with van der Waals surface area (Å²) in [5, 5.41) is 22.4. The van der Waals surface area contributed by atoms with E-state index in [9.17, 15) is 5.11 Å². The lowest BCUT2D eigenvalue weighted by molar-refractivity contribution is 0.369. The van der Waals surface area contributed by atoms with Crippen LogP contribution in [-0.2, 0) is 19.4 Å². The van der Waals surface area contributed by atoms with Gasteiger partial charge in [-0.25, -0.2) is 0 Å². The van der Waals surface area contributed by atoms with Gasteiger partial charge in [0.25, 0.3) is 0 Å². The number of phenols is 1. The average molecular weight is 539 g/mol. The van der Waals surface area contributed by atoms with Crippen molar-refractivity contribution in [1.82, 2.24) is 25.0 Å². The SMILES string of the molecule is CN=C(NCCCc1nnc2n1CCCCC2)N1CCN(c2ccccc2O)CC1.I. The predicted octanol–water partition coefficient (Wildman–Crippen LogP) is 2.66. The number of hydrogen-bond acceptors (Lipinski definition) is 5. The van der Waals surface area contributed by atoms with Crippen molar-refractivity contribution < 1.29 is 5.11 Å². The van der Waals surface area contributed by atoms with Gasteiger partial charge >= 0.3 is 0 Å². The monoisotopic (exact) mass is 539 g/mol. The molecule has 3 heterocycles.